The van der Waals surface area contributed by atoms with Crippen molar-refractivity contribution in [3.63, 3.8) is 0 Å². The number of benzene rings is 1. The van der Waals surface area contributed by atoms with Crippen LogP contribution in [0.4, 0.5) is 0 Å². The fourth-order valence-corrected chi connectivity index (χ4v) is 3.49. The van der Waals surface area contributed by atoms with Gasteiger partial charge in [0.15, 0.2) is 11.7 Å². The fourth-order valence-electron chi connectivity index (χ4n) is 3.26. The molecule has 5 nitrogen and oxygen atoms in total. The molecule has 2 heterocycles. The van der Waals surface area contributed by atoms with Gasteiger partial charge in [0.1, 0.15) is 0 Å². The van der Waals surface area contributed by atoms with Gasteiger partial charge in [-0.15, -0.1) is 0 Å². The second-order valence-corrected chi connectivity index (χ2v) is 6.89. The minimum absolute atomic E-state index is 0.181. The molecule has 25 heavy (non-hydrogen) atoms. The molecule has 0 aliphatic carbocycles. The maximum absolute atomic E-state index is 12.4. The highest BCUT2D eigenvalue weighted by molar-refractivity contribution is 6.33. The Morgan fingerprint density at radius 2 is 2.12 bits per heavy atom. The average molecular weight is 362 g/mol. The van der Waals surface area contributed by atoms with Gasteiger partial charge < -0.3 is 14.6 Å². The van der Waals surface area contributed by atoms with Crippen LogP contribution in [-0.2, 0) is 11.2 Å². The van der Waals surface area contributed by atoms with Crippen LogP contribution in [0.15, 0.2) is 34.9 Å². The Hall–Kier alpha value is -1.85. The number of oxazole rings is 1. The van der Waals surface area contributed by atoms with Gasteiger partial charge in [0.25, 0.3) is 0 Å². The Morgan fingerprint density at radius 3 is 2.84 bits per heavy atom. The van der Waals surface area contributed by atoms with Gasteiger partial charge in [-0.25, -0.2) is 4.98 Å². The number of piperidine rings is 1. The highest BCUT2D eigenvalue weighted by Crippen LogP contribution is 2.28. The molecule has 0 saturated carbocycles. The van der Waals surface area contributed by atoms with Crippen LogP contribution in [0.1, 0.15) is 25.2 Å². The average Bonchev–Trinajstić information content (AvgIpc) is 3.10. The van der Waals surface area contributed by atoms with Crippen LogP contribution in [0.2, 0.25) is 5.02 Å². The second-order valence-electron chi connectivity index (χ2n) is 6.48. The molecule has 134 valence electrons. The van der Waals surface area contributed by atoms with E-state index >= 15 is 0 Å². The number of aryl methyl sites for hydroxylation is 1. The Bertz CT molecular complexity index is 708. The number of nitrogens with zero attached hydrogens (tertiary/aromatic N) is 2. The van der Waals surface area contributed by atoms with E-state index in [-0.39, 0.29) is 5.91 Å². The zero-order valence-corrected chi connectivity index (χ0v) is 15.3. The van der Waals surface area contributed by atoms with Crippen molar-refractivity contribution in [2.45, 2.75) is 25.7 Å². The van der Waals surface area contributed by atoms with Crippen molar-refractivity contribution in [1.82, 2.24) is 15.2 Å². The van der Waals surface area contributed by atoms with Gasteiger partial charge in [0.2, 0.25) is 5.91 Å². The number of likely N-dealkylation sites (tertiary alicyclic amines) is 1. The third-order valence-electron chi connectivity index (χ3n) is 4.71. The minimum Gasteiger partial charge on any atom is -0.441 e. The van der Waals surface area contributed by atoms with E-state index < -0.39 is 0 Å². The van der Waals surface area contributed by atoms with Crippen molar-refractivity contribution in [2.24, 2.45) is 5.92 Å². The summed E-state index contributed by atoms with van der Waals surface area (Å²) in [5.41, 5.74) is 0.820. The summed E-state index contributed by atoms with van der Waals surface area (Å²) in [6.07, 6.45) is 4.76. The Kier molecular flexibility index (Phi) is 6.10. The molecule has 1 saturated heterocycles. The van der Waals surface area contributed by atoms with Crippen molar-refractivity contribution in [1.29, 1.82) is 0 Å². The normalized spacial score (nSPS) is 15.5. The quantitative estimate of drug-likeness (QED) is 0.856. The minimum atomic E-state index is 0.181. The van der Waals surface area contributed by atoms with Gasteiger partial charge in [-0.2, -0.15) is 0 Å². The number of amides is 1. The van der Waals surface area contributed by atoms with Crippen molar-refractivity contribution >= 4 is 17.5 Å². The molecule has 1 aromatic heterocycles. The smallest absolute Gasteiger partial charge is 0.223 e. The van der Waals surface area contributed by atoms with Crippen LogP contribution >= 0.6 is 11.6 Å². The second kappa shape index (κ2) is 8.50. The van der Waals surface area contributed by atoms with Gasteiger partial charge in [-0.05, 0) is 44.5 Å². The Labute approximate surface area is 153 Å². The number of nitrogens with one attached hydrogen (secondary N) is 1. The Morgan fingerprint density at radius 1 is 1.36 bits per heavy atom. The SMILES string of the molecule is CNCC1CCN(C(=O)CCc2ncc(-c3ccccc3Cl)o2)CC1. The van der Waals surface area contributed by atoms with E-state index in [0.29, 0.717) is 35.4 Å². The molecular formula is C19H24ClN3O2. The van der Waals surface area contributed by atoms with Crippen molar-refractivity contribution < 1.29 is 9.21 Å². The number of hydrogen-bond donors (Lipinski definition) is 1. The number of carbonyl (C=O) groups is 1. The monoisotopic (exact) mass is 361 g/mol. The summed E-state index contributed by atoms with van der Waals surface area (Å²) in [7, 11) is 1.98. The summed E-state index contributed by atoms with van der Waals surface area (Å²) in [4.78, 5) is 18.6. The molecule has 0 atom stereocenters. The van der Waals surface area contributed by atoms with Crippen LogP contribution in [0.3, 0.4) is 0 Å². The summed E-state index contributed by atoms with van der Waals surface area (Å²) in [6.45, 7) is 2.73. The van der Waals surface area contributed by atoms with Crippen molar-refractivity contribution in [3.05, 3.63) is 41.4 Å². The van der Waals surface area contributed by atoms with E-state index in [9.17, 15) is 4.79 Å². The molecule has 0 unspecified atom stereocenters. The van der Waals surface area contributed by atoms with E-state index in [4.69, 9.17) is 16.0 Å². The summed E-state index contributed by atoms with van der Waals surface area (Å²) in [5.74, 6) is 2.08. The fraction of sp³-hybridized carbons (Fsp3) is 0.474. The van der Waals surface area contributed by atoms with Crippen LogP contribution in [0, 0.1) is 5.92 Å². The summed E-state index contributed by atoms with van der Waals surface area (Å²) in [6, 6.07) is 7.50. The first-order valence-corrected chi connectivity index (χ1v) is 9.17. The van der Waals surface area contributed by atoms with Gasteiger partial charge in [0, 0.05) is 31.5 Å². The molecule has 0 bridgehead atoms. The van der Waals surface area contributed by atoms with E-state index in [1.165, 1.54) is 0 Å². The lowest BCUT2D eigenvalue weighted by molar-refractivity contribution is -0.132. The summed E-state index contributed by atoms with van der Waals surface area (Å²) in [5, 5.41) is 3.84. The maximum atomic E-state index is 12.4. The predicted molar refractivity (Wildman–Crippen MR) is 98.5 cm³/mol. The highest BCUT2D eigenvalue weighted by atomic mass is 35.5. The molecule has 0 spiro atoms. The predicted octanol–water partition coefficient (Wildman–Crippen LogP) is 3.39. The Balaban J connectivity index is 1.51. The lowest BCUT2D eigenvalue weighted by Crippen LogP contribution is -2.40. The summed E-state index contributed by atoms with van der Waals surface area (Å²) >= 11 is 6.18. The van der Waals surface area contributed by atoms with Gasteiger partial charge in [-0.1, -0.05) is 23.7 Å². The highest BCUT2D eigenvalue weighted by Gasteiger charge is 2.22. The lowest BCUT2D eigenvalue weighted by atomic mass is 9.96. The standard InChI is InChI=1S/C19H24ClN3O2/c1-21-12-14-8-10-23(11-9-14)19(24)7-6-18-22-13-17(25-18)15-4-2-3-5-16(15)20/h2-5,13-14,21H,6-12H2,1H3. The van der Waals surface area contributed by atoms with E-state index in [0.717, 1.165) is 38.0 Å². The van der Waals surface area contributed by atoms with Gasteiger partial charge >= 0.3 is 0 Å². The molecule has 1 fully saturated rings. The van der Waals surface area contributed by atoms with Crippen LogP contribution in [0.5, 0.6) is 0 Å². The number of carbonyl (C=O) groups excluding carboxylic acids is 1. The molecular weight excluding hydrogens is 338 g/mol. The molecule has 1 aliphatic rings. The number of aromatic nitrogens is 1. The third kappa shape index (κ3) is 4.61. The first-order valence-electron chi connectivity index (χ1n) is 8.79. The maximum Gasteiger partial charge on any atom is 0.223 e. The largest absolute Gasteiger partial charge is 0.441 e. The molecule has 1 amide bonds. The van der Waals surface area contributed by atoms with E-state index in [2.05, 4.69) is 10.3 Å². The molecule has 0 radical (unpaired) electrons. The molecule has 2 aromatic rings. The molecule has 1 aromatic carbocycles. The topological polar surface area (TPSA) is 58.4 Å². The van der Waals surface area contributed by atoms with Gasteiger partial charge in [0.05, 0.1) is 11.2 Å². The lowest BCUT2D eigenvalue weighted by Gasteiger charge is -2.32. The zero-order valence-electron chi connectivity index (χ0n) is 14.5. The molecule has 1 aliphatic heterocycles. The molecule has 3 rings (SSSR count). The van der Waals surface area contributed by atoms with E-state index in [1.807, 2.05) is 36.2 Å². The molecule has 1 N–H and O–H groups in total. The third-order valence-corrected chi connectivity index (χ3v) is 5.04. The zero-order chi connectivity index (χ0) is 17.6. The number of halogens is 1. The van der Waals surface area contributed by atoms with Crippen LogP contribution in [-0.4, -0.2) is 42.5 Å². The van der Waals surface area contributed by atoms with Crippen LogP contribution in [0.25, 0.3) is 11.3 Å². The van der Waals surface area contributed by atoms with Crippen molar-refractivity contribution in [2.75, 3.05) is 26.7 Å². The summed E-state index contributed by atoms with van der Waals surface area (Å²) < 4.78 is 5.76. The first kappa shape index (κ1) is 18.0. The number of hydrogen-bond acceptors (Lipinski definition) is 4. The molecule has 6 heteroatoms. The van der Waals surface area contributed by atoms with Crippen molar-refractivity contribution in [3.8, 4) is 11.3 Å². The number of rotatable bonds is 6. The van der Waals surface area contributed by atoms with Gasteiger partial charge in [-0.3, -0.25) is 4.79 Å². The first-order chi connectivity index (χ1) is 12.2. The van der Waals surface area contributed by atoms with Crippen LogP contribution < -0.4 is 5.32 Å². The van der Waals surface area contributed by atoms with E-state index in [1.54, 1.807) is 6.20 Å².